The molecule has 0 aromatic carbocycles. The predicted molar refractivity (Wildman–Crippen MR) is 86.5 cm³/mol. The van der Waals surface area contributed by atoms with Crippen LogP contribution in [0.3, 0.4) is 0 Å². The molecule has 0 fully saturated rings. The number of rotatable bonds is 2. The molecule has 0 aliphatic carbocycles. The maximum absolute atomic E-state index is 13.0. The topological polar surface area (TPSA) is 25.8 Å². The van der Waals surface area contributed by atoms with Gasteiger partial charge in [0.1, 0.15) is 5.82 Å². The summed E-state index contributed by atoms with van der Waals surface area (Å²) in [6.45, 7) is 6.03. The minimum Gasteiger partial charge on any atom is -0.245 e. The van der Waals surface area contributed by atoms with Crippen molar-refractivity contribution in [3.8, 4) is 0 Å². The first-order chi connectivity index (χ1) is 13.5. The van der Waals surface area contributed by atoms with Gasteiger partial charge in [0.2, 0.25) is 0 Å². The summed E-state index contributed by atoms with van der Waals surface area (Å²) in [5.74, 6) is -7.17. The summed E-state index contributed by atoms with van der Waals surface area (Å²) in [5, 5.41) is 0. The maximum atomic E-state index is 13.0. The lowest BCUT2D eigenvalue weighted by Crippen LogP contribution is -2.14. The van der Waals surface area contributed by atoms with Crippen LogP contribution in [0, 0.1) is 23.3 Å². The molecule has 0 N–H and O–H groups in total. The van der Waals surface area contributed by atoms with E-state index in [1.54, 1.807) is 13.8 Å². The van der Waals surface area contributed by atoms with E-state index in [0.29, 0.717) is 6.07 Å². The van der Waals surface area contributed by atoms with Gasteiger partial charge in [-0.1, -0.05) is 27.7 Å². The summed E-state index contributed by atoms with van der Waals surface area (Å²) >= 11 is 0. The molecule has 0 saturated heterocycles. The van der Waals surface area contributed by atoms with Crippen LogP contribution in [0.2, 0.25) is 0 Å². The first-order valence-corrected chi connectivity index (χ1v) is 8.33. The van der Waals surface area contributed by atoms with Crippen molar-refractivity contribution >= 4 is 0 Å². The smallest absolute Gasteiger partial charge is 0.245 e. The largest absolute Gasteiger partial charge is 0.436 e. The molecule has 0 radical (unpaired) electrons. The van der Waals surface area contributed by atoms with Crippen molar-refractivity contribution in [2.45, 2.75) is 51.9 Å². The average Bonchev–Trinajstić information content (AvgIpc) is 2.54. The van der Waals surface area contributed by atoms with Gasteiger partial charge >= 0.3 is 12.4 Å². The van der Waals surface area contributed by atoms with Crippen LogP contribution in [-0.2, 0) is 12.4 Å². The normalized spacial score (nSPS) is 12.3. The molecule has 2 aromatic heterocycles. The molecule has 168 valence electrons. The Balaban J connectivity index is 0.000000300. The summed E-state index contributed by atoms with van der Waals surface area (Å²) in [6.07, 6.45) is -9.88. The van der Waals surface area contributed by atoms with Gasteiger partial charge in [-0.15, -0.1) is 0 Å². The lowest BCUT2D eigenvalue weighted by molar-refractivity contribution is -0.144. The first kappa shape index (κ1) is 25.6. The number of pyridine rings is 2. The van der Waals surface area contributed by atoms with Crippen molar-refractivity contribution in [3.05, 3.63) is 58.2 Å². The molecule has 12 heteroatoms. The summed E-state index contributed by atoms with van der Waals surface area (Å²) in [4.78, 5) is 6.03. The molecular formula is C18H16F10N2. The Labute approximate surface area is 165 Å². The van der Waals surface area contributed by atoms with Gasteiger partial charge in [0, 0.05) is 11.8 Å². The number of aromatic nitrogens is 2. The van der Waals surface area contributed by atoms with Crippen LogP contribution in [0.15, 0.2) is 12.1 Å². The van der Waals surface area contributed by atoms with Crippen LogP contribution in [0.4, 0.5) is 43.9 Å². The van der Waals surface area contributed by atoms with Crippen LogP contribution >= 0.6 is 0 Å². The number of hydrogen-bond donors (Lipinski definition) is 0. The molecular weight excluding hydrogens is 434 g/mol. The molecule has 0 aliphatic rings. The SMILES string of the molecule is CC(C)c1cc(F)c(F)c(C(F)(F)F)n1.CC(C)c1nc(C(F)(F)F)c(F)cc1F. The molecule has 0 atom stereocenters. The molecule has 0 spiro atoms. The first-order valence-electron chi connectivity index (χ1n) is 8.33. The van der Waals surface area contributed by atoms with Gasteiger partial charge in [0.25, 0.3) is 0 Å². The standard InChI is InChI=1S/2C9H8F5N/c1-4(2)7-5(10)3-6(11)8(15-7)9(12,13)14;1-4(2)6-3-5(10)7(11)8(15-6)9(12,13)14/h2*3-4H,1-2H3. The second-order valence-corrected chi connectivity index (χ2v) is 6.68. The molecule has 0 amide bonds. The van der Waals surface area contributed by atoms with Crippen LogP contribution in [0.1, 0.15) is 62.3 Å². The third-order valence-electron chi connectivity index (χ3n) is 3.57. The second kappa shape index (κ2) is 9.17. The lowest BCUT2D eigenvalue weighted by atomic mass is 10.1. The van der Waals surface area contributed by atoms with E-state index in [1.165, 1.54) is 13.8 Å². The third-order valence-corrected chi connectivity index (χ3v) is 3.57. The molecule has 2 aromatic rings. The van der Waals surface area contributed by atoms with Gasteiger partial charge < -0.3 is 0 Å². The fraction of sp³-hybridized carbons (Fsp3) is 0.444. The summed E-state index contributed by atoms with van der Waals surface area (Å²) in [6, 6.07) is 0.889. The summed E-state index contributed by atoms with van der Waals surface area (Å²) < 4.78 is 125. The third kappa shape index (κ3) is 6.30. The highest BCUT2D eigenvalue weighted by molar-refractivity contribution is 5.20. The van der Waals surface area contributed by atoms with Crippen molar-refractivity contribution < 1.29 is 43.9 Å². The van der Waals surface area contributed by atoms with Gasteiger partial charge in [-0.3, -0.25) is 0 Å². The summed E-state index contributed by atoms with van der Waals surface area (Å²) in [7, 11) is 0. The van der Waals surface area contributed by atoms with E-state index < -0.39 is 58.8 Å². The molecule has 2 heterocycles. The molecule has 0 bridgehead atoms. The number of alkyl halides is 6. The van der Waals surface area contributed by atoms with Crippen LogP contribution in [-0.4, -0.2) is 9.97 Å². The fourth-order valence-electron chi connectivity index (χ4n) is 2.08. The van der Waals surface area contributed by atoms with Crippen molar-refractivity contribution in [3.63, 3.8) is 0 Å². The van der Waals surface area contributed by atoms with Crippen molar-refractivity contribution in [1.29, 1.82) is 0 Å². The zero-order valence-electron chi connectivity index (χ0n) is 16.0. The van der Waals surface area contributed by atoms with E-state index in [2.05, 4.69) is 9.97 Å². The average molecular weight is 450 g/mol. The van der Waals surface area contributed by atoms with Crippen molar-refractivity contribution in [2.24, 2.45) is 0 Å². The van der Waals surface area contributed by atoms with Gasteiger partial charge in [0.05, 0.1) is 5.69 Å². The Morgan fingerprint density at radius 1 is 0.633 bits per heavy atom. The van der Waals surface area contributed by atoms with Gasteiger partial charge in [0.15, 0.2) is 28.8 Å². The zero-order chi connectivity index (χ0) is 23.6. The molecule has 2 nitrogen and oxygen atoms in total. The predicted octanol–water partition coefficient (Wildman–Crippen LogP) is 7.00. The zero-order valence-corrected chi connectivity index (χ0v) is 16.0. The minimum absolute atomic E-state index is 0.124. The highest BCUT2D eigenvalue weighted by Crippen LogP contribution is 2.33. The Hall–Kier alpha value is -2.40. The Morgan fingerprint density at radius 3 is 1.53 bits per heavy atom. The second-order valence-electron chi connectivity index (χ2n) is 6.68. The van der Waals surface area contributed by atoms with Crippen LogP contribution in [0.5, 0.6) is 0 Å². The Kier molecular flexibility index (Phi) is 7.84. The van der Waals surface area contributed by atoms with Gasteiger partial charge in [-0.25, -0.2) is 27.5 Å². The molecule has 2 rings (SSSR count). The number of nitrogens with zero attached hydrogens (tertiary/aromatic N) is 2. The quantitative estimate of drug-likeness (QED) is 0.461. The van der Waals surface area contributed by atoms with E-state index in [4.69, 9.17) is 0 Å². The number of halogens is 10. The van der Waals surface area contributed by atoms with Gasteiger partial charge in [-0.2, -0.15) is 26.3 Å². The van der Waals surface area contributed by atoms with E-state index in [-0.39, 0.29) is 17.5 Å². The highest BCUT2D eigenvalue weighted by atomic mass is 19.4. The van der Waals surface area contributed by atoms with Crippen molar-refractivity contribution in [1.82, 2.24) is 9.97 Å². The molecule has 0 unspecified atom stereocenters. The van der Waals surface area contributed by atoms with E-state index in [9.17, 15) is 43.9 Å². The van der Waals surface area contributed by atoms with Gasteiger partial charge in [-0.05, 0) is 17.9 Å². The minimum atomic E-state index is -4.98. The number of hydrogen-bond acceptors (Lipinski definition) is 2. The Bertz CT molecular complexity index is 886. The lowest BCUT2D eigenvalue weighted by Gasteiger charge is -2.11. The highest BCUT2D eigenvalue weighted by Gasteiger charge is 2.38. The van der Waals surface area contributed by atoms with Crippen LogP contribution < -0.4 is 0 Å². The monoisotopic (exact) mass is 450 g/mol. The van der Waals surface area contributed by atoms with Crippen molar-refractivity contribution in [2.75, 3.05) is 0 Å². The van der Waals surface area contributed by atoms with Crippen LogP contribution in [0.25, 0.3) is 0 Å². The molecule has 0 aliphatic heterocycles. The molecule has 0 saturated carbocycles. The molecule has 30 heavy (non-hydrogen) atoms. The van der Waals surface area contributed by atoms with E-state index in [1.807, 2.05) is 0 Å². The fourth-order valence-corrected chi connectivity index (χ4v) is 2.08. The van der Waals surface area contributed by atoms with E-state index >= 15 is 0 Å². The van der Waals surface area contributed by atoms with E-state index in [0.717, 1.165) is 0 Å². The Morgan fingerprint density at radius 2 is 1.13 bits per heavy atom. The maximum Gasteiger partial charge on any atom is 0.436 e. The summed E-state index contributed by atoms with van der Waals surface area (Å²) in [5.41, 5.74) is -3.98.